The Morgan fingerprint density at radius 2 is 2.41 bits per heavy atom. The molecule has 1 fully saturated rings. The number of phenols is 1. The SMILES string of the molecule is COC(=O)[C@H]1CSC(c2ccc(O)c(Cl)c2)N1. The number of halogens is 1. The number of aromatic hydroxyl groups is 1. The van der Waals surface area contributed by atoms with Gasteiger partial charge in [-0.15, -0.1) is 11.8 Å². The summed E-state index contributed by atoms with van der Waals surface area (Å²) in [6, 6.07) is 4.74. The molecule has 1 aromatic rings. The highest BCUT2D eigenvalue weighted by Crippen LogP contribution is 2.36. The van der Waals surface area contributed by atoms with E-state index in [-0.39, 0.29) is 23.1 Å². The Kier molecular flexibility index (Phi) is 3.81. The smallest absolute Gasteiger partial charge is 0.323 e. The molecule has 17 heavy (non-hydrogen) atoms. The summed E-state index contributed by atoms with van der Waals surface area (Å²) in [5.41, 5.74) is 0.934. The maximum Gasteiger partial charge on any atom is 0.323 e. The molecule has 1 aromatic carbocycles. The number of ether oxygens (including phenoxy) is 1. The summed E-state index contributed by atoms with van der Waals surface area (Å²) in [7, 11) is 1.37. The lowest BCUT2D eigenvalue weighted by Gasteiger charge is -2.12. The fourth-order valence-electron chi connectivity index (χ4n) is 1.63. The average Bonchev–Trinajstić information content (AvgIpc) is 2.81. The van der Waals surface area contributed by atoms with Crippen LogP contribution in [0.2, 0.25) is 5.02 Å². The van der Waals surface area contributed by atoms with Gasteiger partial charge < -0.3 is 9.84 Å². The summed E-state index contributed by atoms with van der Waals surface area (Å²) in [5.74, 6) is 0.461. The molecule has 0 aliphatic carbocycles. The van der Waals surface area contributed by atoms with Gasteiger partial charge in [0.1, 0.15) is 11.8 Å². The zero-order valence-electron chi connectivity index (χ0n) is 9.14. The van der Waals surface area contributed by atoms with Crippen molar-refractivity contribution >= 4 is 29.3 Å². The van der Waals surface area contributed by atoms with Crippen LogP contribution in [0, 0.1) is 0 Å². The van der Waals surface area contributed by atoms with Gasteiger partial charge in [0.05, 0.1) is 17.5 Å². The molecule has 6 heteroatoms. The van der Waals surface area contributed by atoms with Crippen LogP contribution in [-0.2, 0) is 9.53 Å². The van der Waals surface area contributed by atoms with Crippen molar-refractivity contribution in [3.8, 4) is 5.75 Å². The van der Waals surface area contributed by atoms with E-state index >= 15 is 0 Å². The summed E-state index contributed by atoms with van der Waals surface area (Å²) < 4.78 is 4.68. The third-order valence-electron chi connectivity index (χ3n) is 2.54. The number of benzene rings is 1. The largest absolute Gasteiger partial charge is 0.506 e. The average molecular weight is 274 g/mol. The molecule has 0 radical (unpaired) electrons. The molecule has 2 atom stereocenters. The molecular weight excluding hydrogens is 262 g/mol. The van der Waals surface area contributed by atoms with Crippen LogP contribution in [0.15, 0.2) is 18.2 Å². The Balaban J connectivity index is 2.10. The quantitative estimate of drug-likeness (QED) is 0.807. The molecule has 1 aliphatic rings. The lowest BCUT2D eigenvalue weighted by molar-refractivity contribution is -0.142. The topological polar surface area (TPSA) is 58.6 Å². The molecule has 0 aromatic heterocycles. The van der Waals surface area contributed by atoms with Crippen LogP contribution in [0.5, 0.6) is 5.75 Å². The molecular formula is C11H12ClNO3S. The van der Waals surface area contributed by atoms with E-state index < -0.39 is 0 Å². The number of carbonyl (C=O) groups excluding carboxylic acids is 1. The molecule has 2 rings (SSSR count). The standard InChI is InChI=1S/C11H12ClNO3S/c1-16-11(15)8-5-17-10(13-8)6-2-3-9(14)7(12)4-6/h2-4,8,10,13-14H,5H2,1H3/t8-,10?/m1/s1. The Hall–Kier alpha value is -0.910. The van der Waals surface area contributed by atoms with Crippen LogP contribution in [0.1, 0.15) is 10.9 Å². The Morgan fingerprint density at radius 1 is 1.65 bits per heavy atom. The molecule has 92 valence electrons. The fraction of sp³-hybridized carbons (Fsp3) is 0.364. The van der Waals surface area contributed by atoms with E-state index in [4.69, 9.17) is 11.6 Å². The van der Waals surface area contributed by atoms with E-state index in [1.807, 2.05) is 0 Å². The predicted molar refractivity (Wildman–Crippen MR) is 67.3 cm³/mol. The number of nitrogens with one attached hydrogen (secondary N) is 1. The van der Waals surface area contributed by atoms with E-state index in [1.165, 1.54) is 7.11 Å². The van der Waals surface area contributed by atoms with E-state index in [2.05, 4.69) is 10.1 Å². The highest BCUT2D eigenvalue weighted by molar-refractivity contribution is 7.99. The van der Waals surface area contributed by atoms with Crippen LogP contribution in [-0.4, -0.2) is 30.0 Å². The second-order valence-corrected chi connectivity index (χ2v) is 5.21. The van der Waals surface area contributed by atoms with Gasteiger partial charge >= 0.3 is 5.97 Å². The predicted octanol–water partition coefficient (Wildman–Crippen LogP) is 1.92. The first kappa shape index (κ1) is 12.5. The molecule has 0 amide bonds. The number of methoxy groups -OCH3 is 1. The minimum atomic E-state index is -0.289. The van der Waals surface area contributed by atoms with E-state index in [9.17, 15) is 9.90 Å². The van der Waals surface area contributed by atoms with Crippen molar-refractivity contribution in [2.75, 3.05) is 12.9 Å². The Morgan fingerprint density at radius 3 is 3.06 bits per heavy atom. The molecule has 4 nitrogen and oxygen atoms in total. The summed E-state index contributed by atoms with van der Waals surface area (Å²) in [6.45, 7) is 0. The van der Waals surface area contributed by atoms with Gasteiger partial charge in [0.25, 0.3) is 0 Å². The number of phenolic OH excluding ortho intramolecular Hbond substituents is 1. The first-order valence-corrected chi connectivity index (χ1v) is 6.48. The molecule has 1 unspecified atom stereocenters. The van der Waals surface area contributed by atoms with Gasteiger partial charge in [-0.05, 0) is 17.7 Å². The molecule has 0 spiro atoms. The van der Waals surface area contributed by atoms with E-state index in [0.717, 1.165) is 5.56 Å². The second-order valence-electron chi connectivity index (χ2n) is 3.67. The Labute approximate surface area is 108 Å². The van der Waals surface area contributed by atoms with Crippen molar-refractivity contribution < 1.29 is 14.6 Å². The second kappa shape index (κ2) is 5.16. The van der Waals surface area contributed by atoms with Crippen molar-refractivity contribution in [2.45, 2.75) is 11.4 Å². The van der Waals surface area contributed by atoms with Crippen molar-refractivity contribution in [1.29, 1.82) is 0 Å². The minimum Gasteiger partial charge on any atom is -0.506 e. The molecule has 1 heterocycles. The van der Waals surface area contributed by atoms with Crippen molar-refractivity contribution in [2.24, 2.45) is 0 Å². The maximum absolute atomic E-state index is 11.3. The van der Waals surface area contributed by atoms with E-state index in [0.29, 0.717) is 10.8 Å². The first-order chi connectivity index (χ1) is 8.11. The van der Waals surface area contributed by atoms with Gasteiger partial charge in [0.2, 0.25) is 0 Å². The van der Waals surface area contributed by atoms with Gasteiger partial charge in [-0.2, -0.15) is 0 Å². The normalized spacial score (nSPS) is 23.6. The number of thioether (sulfide) groups is 1. The number of hydrogen-bond donors (Lipinski definition) is 2. The Bertz CT molecular complexity index is 441. The van der Waals surface area contributed by atoms with Gasteiger partial charge in [0.15, 0.2) is 0 Å². The third kappa shape index (κ3) is 2.68. The van der Waals surface area contributed by atoms with Gasteiger partial charge in [-0.1, -0.05) is 17.7 Å². The van der Waals surface area contributed by atoms with Crippen molar-refractivity contribution in [3.05, 3.63) is 28.8 Å². The molecule has 0 bridgehead atoms. The van der Waals surface area contributed by atoms with Crippen molar-refractivity contribution in [3.63, 3.8) is 0 Å². The van der Waals surface area contributed by atoms with Gasteiger partial charge in [-0.25, -0.2) is 0 Å². The number of carbonyl (C=O) groups is 1. The van der Waals surface area contributed by atoms with E-state index in [1.54, 1.807) is 30.0 Å². The molecule has 2 N–H and O–H groups in total. The molecule has 1 aliphatic heterocycles. The first-order valence-electron chi connectivity index (χ1n) is 5.05. The van der Waals surface area contributed by atoms with Crippen LogP contribution in [0.3, 0.4) is 0 Å². The number of hydrogen-bond acceptors (Lipinski definition) is 5. The third-order valence-corrected chi connectivity index (χ3v) is 4.11. The maximum atomic E-state index is 11.3. The highest BCUT2D eigenvalue weighted by Gasteiger charge is 2.31. The summed E-state index contributed by atoms with van der Waals surface area (Å²) in [6.07, 6.45) is 0. The van der Waals surface area contributed by atoms with Crippen LogP contribution in [0.25, 0.3) is 0 Å². The van der Waals surface area contributed by atoms with Crippen molar-refractivity contribution in [1.82, 2.24) is 5.32 Å². The number of esters is 1. The zero-order chi connectivity index (χ0) is 12.4. The van der Waals surface area contributed by atoms with Crippen LogP contribution >= 0.6 is 23.4 Å². The minimum absolute atomic E-state index is 0.00259. The number of rotatable bonds is 2. The lowest BCUT2D eigenvalue weighted by atomic mass is 10.2. The molecule has 1 saturated heterocycles. The lowest BCUT2D eigenvalue weighted by Crippen LogP contribution is -2.34. The molecule has 0 saturated carbocycles. The zero-order valence-corrected chi connectivity index (χ0v) is 10.7. The summed E-state index contributed by atoms with van der Waals surface area (Å²) in [4.78, 5) is 11.3. The fourth-order valence-corrected chi connectivity index (χ4v) is 3.03. The van der Waals surface area contributed by atoms with Crippen LogP contribution in [0.4, 0.5) is 0 Å². The summed E-state index contributed by atoms with van der Waals surface area (Å²) >= 11 is 7.45. The van der Waals surface area contributed by atoms with Crippen LogP contribution < -0.4 is 5.32 Å². The van der Waals surface area contributed by atoms with Gasteiger partial charge in [0, 0.05) is 5.75 Å². The monoisotopic (exact) mass is 273 g/mol. The highest BCUT2D eigenvalue weighted by atomic mass is 35.5. The summed E-state index contributed by atoms with van der Waals surface area (Å²) in [5, 5.41) is 12.8. The van der Waals surface area contributed by atoms with Gasteiger partial charge in [-0.3, -0.25) is 10.1 Å².